The molecule has 174 valence electrons. The Bertz CT molecular complexity index is 1140. The number of carboxylic acid groups (broad SMARTS) is 1. The van der Waals surface area contributed by atoms with Gasteiger partial charge in [-0.2, -0.15) is 13.2 Å². The van der Waals surface area contributed by atoms with E-state index in [0.29, 0.717) is 11.8 Å². The topological polar surface area (TPSA) is 91.0 Å². The molecule has 1 aromatic carbocycles. The first-order valence-corrected chi connectivity index (χ1v) is 10.5. The number of alkyl halides is 3. The fourth-order valence-electron chi connectivity index (χ4n) is 3.68. The van der Waals surface area contributed by atoms with Gasteiger partial charge < -0.3 is 14.9 Å². The molecule has 0 unspecified atom stereocenters. The Labute approximate surface area is 187 Å². The summed E-state index contributed by atoms with van der Waals surface area (Å²) in [6, 6.07) is 10.3. The van der Waals surface area contributed by atoms with E-state index in [1.165, 1.54) is 0 Å². The van der Waals surface area contributed by atoms with E-state index in [1.807, 2.05) is 41.7 Å². The highest BCUT2D eigenvalue weighted by Crippen LogP contribution is 2.32. The number of aliphatic carboxylic acids is 1. The Balaban J connectivity index is 0.000000325. The van der Waals surface area contributed by atoms with E-state index in [0.717, 1.165) is 61.7 Å². The number of carbonyl (C=O) groups excluding carboxylic acids is 1. The Kier molecular flexibility index (Phi) is 6.21. The van der Waals surface area contributed by atoms with Crippen molar-refractivity contribution < 1.29 is 27.9 Å². The van der Waals surface area contributed by atoms with E-state index < -0.39 is 12.1 Å². The number of hydrogen-bond acceptors (Lipinski definition) is 5. The van der Waals surface area contributed by atoms with Gasteiger partial charge in [0.15, 0.2) is 11.5 Å². The third-order valence-electron chi connectivity index (χ3n) is 5.54. The van der Waals surface area contributed by atoms with Crippen LogP contribution in [0.25, 0.3) is 16.9 Å². The van der Waals surface area contributed by atoms with Crippen LogP contribution in [0.2, 0.25) is 0 Å². The molecule has 0 atom stereocenters. The van der Waals surface area contributed by atoms with Crippen LogP contribution in [0.5, 0.6) is 0 Å². The van der Waals surface area contributed by atoms with Gasteiger partial charge in [-0.3, -0.25) is 9.20 Å². The van der Waals surface area contributed by atoms with E-state index in [2.05, 4.69) is 31.4 Å². The molecular formula is C22H22F3N5O3. The lowest BCUT2D eigenvalue weighted by molar-refractivity contribution is -0.192. The zero-order valence-electron chi connectivity index (χ0n) is 17.6. The predicted molar refractivity (Wildman–Crippen MR) is 114 cm³/mol. The first kappa shape index (κ1) is 22.6. The predicted octanol–water partition coefficient (Wildman–Crippen LogP) is 3.09. The van der Waals surface area contributed by atoms with Crippen molar-refractivity contribution in [2.24, 2.45) is 5.92 Å². The summed E-state index contributed by atoms with van der Waals surface area (Å²) in [5.41, 5.74) is 3.07. The normalized spacial score (nSPS) is 16.3. The van der Waals surface area contributed by atoms with Gasteiger partial charge in [0.25, 0.3) is 0 Å². The highest BCUT2D eigenvalue weighted by atomic mass is 19.4. The number of halogens is 3. The highest BCUT2D eigenvalue weighted by molar-refractivity contribution is 5.81. The summed E-state index contributed by atoms with van der Waals surface area (Å²) in [4.78, 5) is 34.6. The van der Waals surface area contributed by atoms with Crippen molar-refractivity contribution in [2.45, 2.75) is 19.0 Å². The molecule has 1 aliphatic carbocycles. The summed E-state index contributed by atoms with van der Waals surface area (Å²) < 4.78 is 33.8. The van der Waals surface area contributed by atoms with E-state index in [9.17, 15) is 18.0 Å². The van der Waals surface area contributed by atoms with Crippen LogP contribution in [0.15, 0.2) is 48.9 Å². The molecule has 33 heavy (non-hydrogen) atoms. The largest absolute Gasteiger partial charge is 0.490 e. The first-order chi connectivity index (χ1) is 15.8. The van der Waals surface area contributed by atoms with Crippen LogP contribution in [-0.2, 0) is 9.59 Å². The zero-order chi connectivity index (χ0) is 23.6. The minimum atomic E-state index is -5.08. The number of rotatable bonds is 3. The van der Waals surface area contributed by atoms with Crippen molar-refractivity contribution in [2.75, 3.05) is 31.1 Å². The number of piperazine rings is 1. The quantitative estimate of drug-likeness (QED) is 0.645. The summed E-state index contributed by atoms with van der Waals surface area (Å²) in [5.74, 6) is -1.23. The second-order valence-corrected chi connectivity index (χ2v) is 7.84. The number of nitrogens with zero attached hydrogens (tertiary/aromatic N) is 5. The number of hydrogen-bond donors (Lipinski definition) is 1. The number of anilines is 1. The molecule has 1 saturated heterocycles. The first-order valence-electron chi connectivity index (χ1n) is 10.5. The molecule has 1 aliphatic heterocycles. The third kappa shape index (κ3) is 5.07. The molecule has 8 nitrogen and oxygen atoms in total. The van der Waals surface area contributed by atoms with Crippen LogP contribution < -0.4 is 4.90 Å². The molecule has 1 amide bonds. The third-order valence-corrected chi connectivity index (χ3v) is 5.54. The van der Waals surface area contributed by atoms with Gasteiger partial charge in [-0.05, 0) is 12.8 Å². The number of fused-ring (bicyclic) bond motifs is 1. The standard InChI is InChI=1S/C20H21N5O.C2HF3O2/c26-20(16-6-7-16)24-12-10-23(11-13-24)18-19-22-14-17(25(19)9-8-21-18)15-4-2-1-3-5-15;3-2(4,5)1(6)7/h1-5,8-9,14,16H,6-7,10-13H2;(H,6,7). The maximum Gasteiger partial charge on any atom is 0.490 e. The maximum absolute atomic E-state index is 12.3. The molecule has 3 heterocycles. The number of imidazole rings is 1. The molecule has 2 fully saturated rings. The lowest BCUT2D eigenvalue weighted by Gasteiger charge is -2.35. The molecule has 0 spiro atoms. The Hall–Kier alpha value is -3.63. The van der Waals surface area contributed by atoms with Crippen LogP contribution in [0.3, 0.4) is 0 Å². The van der Waals surface area contributed by atoms with E-state index >= 15 is 0 Å². The maximum atomic E-state index is 12.3. The molecule has 1 saturated carbocycles. The molecule has 0 radical (unpaired) electrons. The van der Waals surface area contributed by atoms with Gasteiger partial charge in [0.2, 0.25) is 5.91 Å². The van der Waals surface area contributed by atoms with Gasteiger partial charge in [0.1, 0.15) is 0 Å². The van der Waals surface area contributed by atoms with Gasteiger partial charge in [-0.15, -0.1) is 0 Å². The smallest absolute Gasteiger partial charge is 0.475 e. The van der Waals surface area contributed by atoms with E-state index in [-0.39, 0.29) is 0 Å². The summed E-state index contributed by atoms with van der Waals surface area (Å²) in [7, 11) is 0. The van der Waals surface area contributed by atoms with Crippen LogP contribution in [0, 0.1) is 5.92 Å². The molecule has 5 rings (SSSR count). The van der Waals surface area contributed by atoms with Gasteiger partial charge in [-0.25, -0.2) is 14.8 Å². The zero-order valence-corrected chi connectivity index (χ0v) is 17.6. The number of benzene rings is 1. The SMILES string of the molecule is O=C(C1CC1)N1CCN(c2nccn3c(-c4ccccc4)cnc23)CC1.O=C(O)C(F)(F)F. The van der Waals surface area contributed by atoms with Crippen LogP contribution in [-0.4, -0.2) is 68.6 Å². The van der Waals surface area contributed by atoms with E-state index in [1.54, 1.807) is 0 Å². The highest BCUT2D eigenvalue weighted by Gasteiger charge is 2.38. The molecule has 11 heteroatoms. The molecule has 0 bridgehead atoms. The van der Waals surface area contributed by atoms with E-state index in [4.69, 9.17) is 9.90 Å². The molecule has 3 aromatic rings. The summed E-state index contributed by atoms with van der Waals surface area (Å²) >= 11 is 0. The number of amides is 1. The Morgan fingerprint density at radius 2 is 1.64 bits per heavy atom. The number of carbonyl (C=O) groups is 2. The van der Waals surface area contributed by atoms with Crippen LogP contribution in [0.4, 0.5) is 19.0 Å². The number of carboxylic acids is 1. The summed E-state index contributed by atoms with van der Waals surface area (Å²) in [6.07, 6.45) is 2.74. The lowest BCUT2D eigenvalue weighted by Crippen LogP contribution is -2.49. The molecular weight excluding hydrogens is 439 g/mol. The van der Waals surface area contributed by atoms with Crippen molar-refractivity contribution in [3.8, 4) is 11.3 Å². The Morgan fingerprint density at radius 1 is 1.00 bits per heavy atom. The van der Waals surface area contributed by atoms with Crippen molar-refractivity contribution in [1.29, 1.82) is 0 Å². The van der Waals surface area contributed by atoms with Crippen LogP contribution >= 0.6 is 0 Å². The van der Waals surface area contributed by atoms with Crippen molar-refractivity contribution >= 4 is 23.3 Å². The second-order valence-electron chi connectivity index (χ2n) is 7.84. The minimum Gasteiger partial charge on any atom is -0.475 e. The second kappa shape index (κ2) is 9.08. The lowest BCUT2D eigenvalue weighted by atomic mass is 10.2. The van der Waals surface area contributed by atoms with Gasteiger partial charge in [0, 0.05) is 50.1 Å². The van der Waals surface area contributed by atoms with Crippen LogP contribution in [0.1, 0.15) is 12.8 Å². The fraction of sp³-hybridized carbons (Fsp3) is 0.364. The average molecular weight is 461 g/mol. The van der Waals surface area contributed by atoms with Crippen molar-refractivity contribution in [1.82, 2.24) is 19.3 Å². The number of aromatic nitrogens is 3. The van der Waals surface area contributed by atoms with Gasteiger partial charge in [-0.1, -0.05) is 30.3 Å². The van der Waals surface area contributed by atoms with Crippen molar-refractivity contribution in [3.63, 3.8) is 0 Å². The summed E-state index contributed by atoms with van der Waals surface area (Å²) in [6.45, 7) is 3.14. The summed E-state index contributed by atoms with van der Waals surface area (Å²) in [5, 5.41) is 7.12. The molecule has 2 aromatic heterocycles. The fourth-order valence-corrected chi connectivity index (χ4v) is 3.68. The van der Waals surface area contributed by atoms with Gasteiger partial charge in [0.05, 0.1) is 11.9 Å². The average Bonchev–Trinajstić information content (AvgIpc) is 3.57. The van der Waals surface area contributed by atoms with Gasteiger partial charge >= 0.3 is 12.1 Å². The minimum absolute atomic E-state index is 0.295. The molecule has 1 N–H and O–H groups in total. The monoisotopic (exact) mass is 461 g/mol. The Morgan fingerprint density at radius 3 is 2.21 bits per heavy atom. The molecule has 2 aliphatic rings. The van der Waals surface area contributed by atoms with Crippen molar-refractivity contribution in [3.05, 3.63) is 48.9 Å².